The average Bonchev–Trinajstić information content (AvgIpc) is 2.87. The Morgan fingerprint density at radius 1 is 1.33 bits per heavy atom. The molecule has 0 fully saturated rings. The van der Waals surface area contributed by atoms with Crippen molar-refractivity contribution in [2.75, 3.05) is 6.54 Å². The van der Waals surface area contributed by atoms with Gasteiger partial charge in [-0.1, -0.05) is 29.8 Å². The number of ether oxygens (including phenoxy) is 1. The van der Waals surface area contributed by atoms with Gasteiger partial charge >= 0.3 is 0 Å². The van der Waals surface area contributed by atoms with E-state index in [2.05, 4.69) is 21.2 Å². The van der Waals surface area contributed by atoms with Crippen LogP contribution in [0.4, 0.5) is 0 Å². The van der Waals surface area contributed by atoms with Crippen molar-refractivity contribution in [3.8, 4) is 5.75 Å². The highest BCUT2D eigenvalue weighted by molar-refractivity contribution is 9.10. The van der Waals surface area contributed by atoms with Crippen molar-refractivity contribution < 1.29 is 9.53 Å². The summed E-state index contributed by atoms with van der Waals surface area (Å²) in [6.45, 7) is 0.475. The van der Waals surface area contributed by atoms with Gasteiger partial charge in [0.05, 0.1) is 12.1 Å². The normalized spacial score (nSPS) is 16.2. The second kappa shape index (κ2) is 6.08. The Kier molecular flexibility index (Phi) is 4.17. The fraction of sp³-hybridized carbons (Fsp3) is 0.188. The smallest absolute Gasteiger partial charge is 0.252 e. The van der Waals surface area contributed by atoms with Gasteiger partial charge in [-0.05, 0) is 45.8 Å². The first kappa shape index (κ1) is 14.4. The first-order valence-corrected chi connectivity index (χ1v) is 7.78. The molecule has 0 saturated carbocycles. The molecule has 5 heteroatoms. The highest BCUT2D eigenvalue weighted by atomic mass is 79.9. The van der Waals surface area contributed by atoms with Crippen molar-refractivity contribution >= 4 is 33.4 Å². The Hall–Kier alpha value is -1.52. The summed E-state index contributed by atoms with van der Waals surface area (Å²) in [7, 11) is 0. The van der Waals surface area contributed by atoms with Crippen molar-refractivity contribution in [2.45, 2.75) is 12.5 Å². The van der Waals surface area contributed by atoms with Crippen molar-refractivity contribution in [1.29, 1.82) is 0 Å². The van der Waals surface area contributed by atoms with Gasteiger partial charge in [0, 0.05) is 15.9 Å². The molecule has 0 spiro atoms. The molecule has 0 aromatic heterocycles. The zero-order valence-corrected chi connectivity index (χ0v) is 13.4. The van der Waals surface area contributed by atoms with E-state index >= 15 is 0 Å². The van der Waals surface area contributed by atoms with Crippen molar-refractivity contribution in [3.05, 3.63) is 63.1 Å². The fourth-order valence-corrected chi connectivity index (χ4v) is 3.21. The van der Waals surface area contributed by atoms with E-state index in [-0.39, 0.29) is 12.0 Å². The average molecular weight is 367 g/mol. The maximum Gasteiger partial charge on any atom is 0.252 e. The van der Waals surface area contributed by atoms with E-state index in [4.69, 9.17) is 16.3 Å². The first-order valence-electron chi connectivity index (χ1n) is 6.61. The number of halogens is 2. The number of para-hydroxylation sites is 1. The van der Waals surface area contributed by atoms with E-state index in [0.717, 1.165) is 12.2 Å². The molecule has 21 heavy (non-hydrogen) atoms. The lowest BCUT2D eigenvalue weighted by atomic mass is 10.1. The van der Waals surface area contributed by atoms with Crippen LogP contribution in [-0.4, -0.2) is 18.6 Å². The molecule has 0 aliphatic carbocycles. The molecular formula is C16H13BrClNO2. The fourth-order valence-electron chi connectivity index (χ4n) is 2.34. The largest absolute Gasteiger partial charge is 0.488 e. The van der Waals surface area contributed by atoms with Gasteiger partial charge in [0.15, 0.2) is 0 Å². The van der Waals surface area contributed by atoms with Crippen LogP contribution in [0.25, 0.3) is 0 Å². The molecule has 1 aliphatic heterocycles. The second-order valence-corrected chi connectivity index (χ2v) is 6.18. The molecule has 1 unspecified atom stereocenters. The van der Waals surface area contributed by atoms with E-state index in [9.17, 15) is 4.79 Å². The molecule has 108 valence electrons. The number of hydrogen-bond donors (Lipinski definition) is 1. The summed E-state index contributed by atoms with van der Waals surface area (Å²) < 4.78 is 6.48. The number of carbonyl (C=O) groups excluding carboxylic acids is 1. The summed E-state index contributed by atoms with van der Waals surface area (Å²) in [5, 5.41) is 3.49. The van der Waals surface area contributed by atoms with Crippen LogP contribution in [0.15, 0.2) is 46.9 Å². The van der Waals surface area contributed by atoms with Gasteiger partial charge in [-0.3, -0.25) is 4.79 Å². The highest BCUT2D eigenvalue weighted by Crippen LogP contribution is 2.28. The standard InChI is InChI=1S/C16H13BrClNO2/c17-14-8-11(18)5-6-13(14)16(20)19-9-12-7-10-3-1-2-4-15(10)21-12/h1-6,8,12H,7,9H2,(H,19,20). The zero-order valence-electron chi connectivity index (χ0n) is 11.1. The molecule has 1 amide bonds. The summed E-state index contributed by atoms with van der Waals surface area (Å²) in [5.41, 5.74) is 1.75. The number of hydrogen-bond acceptors (Lipinski definition) is 2. The highest BCUT2D eigenvalue weighted by Gasteiger charge is 2.23. The van der Waals surface area contributed by atoms with Crippen LogP contribution in [0.2, 0.25) is 5.02 Å². The number of carbonyl (C=O) groups is 1. The quantitative estimate of drug-likeness (QED) is 0.896. The number of rotatable bonds is 3. The van der Waals surface area contributed by atoms with Gasteiger partial charge in [0.25, 0.3) is 5.91 Å². The summed E-state index contributed by atoms with van der Waals surface area (Å²) in [4.78, 5) is 12.2. The molecule has 0 radical (unpaired) electrons. The van der Waals surface area contributed by atoms with Crippen LogP contribution in [-0.2, 0) is 6.42 Å². The minimum absolute atomic E-state index is 0.0163. The summed E-state index contributed by atoms with van der Waals surface area (Å²) in [6, 6.07) is 13.0. The Morgan fingerprint density at radius 2 is 2.14 bits per heavy atom. The molecule has 1 heterocycles. The van der Waals surface area contributed by atoms with Gasteiger partial charge in [0.1, 0.15) is 11.9 Å². The van der Waals surface area contributed by atoms with E-state index in [0.29, 0.717) is 21.6 Å². The minimum atomic E-state index is -0.141. The van der Waals surface area contributed by atoms with Crippen LogP contribution in [0, 0.1) is 0 Å². The lowest BCUT2D eigenvalue weighted by Crippen LogP contribution is -2.34. The van der Waals surface area contributed by atoms with Crippen LogP contribution in [0.5, 0.6) is 5.75 Å². The van der Waals surface area contributed by atoms with E-state index in [1.165, 1.54) is 5.56 Å². The monoisotopic (exact) mass is 365 g/mol. The molecule has 2 aromatic carbocycles. The van der Waals surface area contributed by atoms with Crippen LogP contribution in [0.1, 0.15) is 15.9 Å². The Labute approximate surface area is 136 Å². The Morgan fingerprint density at radius 3 is 2.90 bits per heavy atom. The van der Waals surface area contributed by atoms with E-state index in [1.807, 2.05) is 24.3 Å². The van der Waals surface area contributed by atoms with Crippen LogP contribution >= 0.6 is 27.5 Å². The maximum atomic E-state index is 12.2. The number of nitrogens with one attached hydrogen (secondary N) is 1. The van der Waals surface area contributed by atoms with Crippen LogP contribution < -0.4 is 10.1 Å². The molecular weight excluding hydrogens is 354 g/mol. The van der Waals surface area contributed by atoms with Crippen molar-refractivity contribution in [1.82, 2.24) is 5.32 Å². The second-order valence-electron chi connectivity index (χ2n) is 4.89. The van der Waals surface area contributed by atoms with E-state index in [1.54, 1.807) is 18.2 Å². The van der Waals surface area contributed by atoms with Gasteiger partial charge < -0.3 is 10.1 Å². The molecule has 3 rings (SSSR count). The topological polar surface area (TPSA) is 38.3 Å². The lowest BCUT2D eigenvalue weighted by Gasteiger charge is -2.12. The van der Waals surface area contributed by atoms with Crippen LogP contribution in [0.3, 0.4) is 0 Å². The number of amides is 1. The third-order valence-electron chi connectivity index (χ3n) is 3.38. The van der Waals surface area contributed by atoms with Gasteiger partial charge in [-0.25, -0.2) is 0 Å². The minimum Gasteiger partial charge on any atom is -0.488 e. The number of fused-ring (bicyclic) bond motifs is 1. The Bertz CT molecular complexity index is 665. The summed E-state index contributed by atoms with van der Waals surface area (Å²) in [6.07, 6.45) is 0.801. The number of benzene rings is 2. The van der Waals surface area contributed by atoms with E-state index < -0.39 is 0 Å². The Balaban J connectivity index is 1.60. The predicted octanol–water partition coefficient (Wildman–Crippen LogP) is 3.84. The molecule has 1 atom stereocenters. The summed E-state index contributed by atoms with van der Waals surface area (Å²) in [5.74, 6) is 0.766. The third kappa shape index (κ3) is 3.22. The van der Waals surface area contributed by atoms with Crippen molar-refractivity contribution in [3.63, 3.8) is 0 Å². The maximum absolute atomic E-state index is 12.2. The summed E-state index contributed by atoms with van der Waals surface area (Å²) >= 11 is 9.22. The SMILES string of the molecule is O=C(NCC1Cc2ccccc2O1)c1ccc(Cl)cc1Br. The van der Waals surface area contributed by atoms with Gasteiger partial charge in [0.2, 0.25) is 0 Å². The first-order chi connectivity index (χ1) is 10.1. The molecule has 1 N–H and O–H groups in total. The van der Waals surface area contributed by atoms with Gasteiger partial charge in [-0.15, -0.1) is 0 Å². The predicted molar refractivity (Wildman–Crippen MR) is 86.0 cm³/mol. The zero-order chi connectivity index (χ0) is 14.8. The molecule has 3 nitrogen and oxygen atoms in total. The third-order valence-corrected chi connectivity index (χ3v) is 4.27. The molecule has 0 bridgehead atoms. The van der Waals surface area contributed by atoms with Crippen molar-refractivity contribution in [2.24, 2.45) is 0 Å². The molecule has 1 aliphatic rings. The molecule has 2 aromatic rings. The molecule has 0 saturated heterocycles. The lowest BCUT2D eigenvalue weighted by molar-refractivity contribution is 0.0933. The van der Waals surface area contributed by atoms with Gasteiger partial charge in [-0.2, -0.15) is 0 Å².